The molecule has 1 N–H and O–H groups in total. The number of hydrogen-bond donors (Lipinski definition) is 1. The number of amides is 1. The van der Waals surface area contributed by atoms with E-state index >= 15 is 0 Å². The zero-order valence-electron chi connectivity index (χ0n) is 17.8. The van der Waals surface area contributed by atoms with Gasteiger partial charge in [0, 0.05) is 24.5 Å². The highest BCUT2D eigenvalue weighted by atomic mass is 35.5. The van der Waals surface area contributed by atoms with Crippen molar-refractivity contribution < 1.29 is 17.6 Å². The van der Waals surface area contributed by atoms with E-state index in [-0.39, 0.29) is 22.4 Å². The molecule has 0 aromatic heterocycles. The van der Waals surface area contributed by atoms with Crippen molar-refractivity contribution in [2.75, 3.05) is 18.8 Å². The lowest BCUT2D eigenvalue weighted by Gasteiger charge is -2.45. The van der Waals surface area contributed by atoms with Crippen LogP contribution in [0.1, 0.15) is 49.0 Å². The molecule has 0 saturated carbocycles. The molecule has 1 fully saturated rings. The van der Waals surface area contributed by atoms with Crippen LogP contribution < -0.4 is 5.32 Å². The Kier molecular flexibility index (Phi) is 7.39. The maximum absolute atomic E-state index is 14.2. The standard InChI is InChI=1S/C23H28ClFN2O3S/c1-3-16-31(29,30)27-14-12-23(13-15-27,18-8-5-4-6-9-18)17(2)26-22(28)21-19(24)10-7-11-20(21)25/h4-11,17H,3,12-16H2,1-2H3,(H,26,28)/t17-/m0/s1. The molecule has 1 aliphatic heterocycles. The Bertz CT molecular complexity index is 1000. The molecule has 1 atom stereocenters. The molecule has 3 rings (SSSR count). The Balaban J connectivity index is 1.88. The van der Waals surface area contributed by atoms with Crippen molar-refractivity contribution in [3.8, 4) is 0 Å². The predicted molar refractivity (Wildman–Crippen MR) is 121 cm³/mol. The molecule has 8 heteroatoms. The van der Waals surface area contributed by atoms with Gasteiger partial charge in [-0.05, 0) is 43.9 Å². The zero-order chi connectivity index (χ0) is 22.6. The largest absolute Gasteiger partial charge is 0.349 e. The van der Waals surface area contributed by atoms with E-state index < -0.39 is 27.2 Å². The first kappa shape index (κ1) is 23.7. The van der Waals surface area contributed by atoms with E-state index in [0.717, 1.165) is 5.56 Å². The van der Waals surface area contributed by atoms with Crippen LogP contribution in [0.2, 0.25) is 5.02 Å². The molecule has 2 aromatic carbocycles. The number of piperidine rings is 1. The summed E-state index contributed by atoms with van der Waals surface area (Å²) in [5, 5.41) is 2.99. The first-order chi connectivity index (χ1) is 14.7. The molecular formula is C23H28ClFN2O3S. The van der Waals surface area contributed by atoms with Gasteiger partial charge in [0.15, 0.2) is 0 Å². The SMILES string of the molecule is CCCS(=O)(=O)N1CCC(c2ccccc2)([C@H](C)NC(=O)c2c(F)cccc2Cl)CC1. The number of carbonyl (C=O) groups is 1. The average Bonchev–Trinajstić information content (AvgIpc) is 2.74. The third kappa shape index (κ3) is 4.94. The Labute approximate surface area is 188 Å². The topological polar surface area (TPSA) is 66.5 Å². The van der Waals surface area contributed by atoms with Gasteiger partial charge in [0.25, 0.3) is 5.91 Å². The average molecular weight is 467 g/mol. The molecule has 1 amide bonds. The third-order valence-electron chi connectivity index (χ3n) is 6.19. The molecule has 0 aliphatic carbocycles. The van der Waals surface area contributed by atoms with Gasteiger partial charge in [0.2, 0.25) is 10.0 Å². The van der Waals surface area contributed by atoms with Gasteiger partial charge >= 0.3 is 0 Å². The van der Waals surface area contributed by atoms with Gasteiger partial charge in [-0.25, -0.2) is 17.1 Å². The minimum Gasteiger partial charge on any atom is -0.349 e. The second kappa shape index (κ2) is 9.67. The summed E-state index contributed by atoms with van der Waals surface area (Å²) < 4.78 is 40.9. The van der Waals surface area contributed by atoms with E-state index in [1.807, 2.05) is 44.2 Å². The van der Waals surface area contributed by atoms with Crippen molar-refractivity contribution in [3.63, 3.8) is 0 Å². The number of rotatable bonds is 7. The van der Waals surface area contributed by atoms with Gasteiger partial charge in [-0.3, -0.25) is 4.79 Å². The number of hydrogen-bond acceptors (Lipinski definition) is 3. The van der Waals surface area contributed by atoms with Crippen LogP contribution in [0.15, 0.2) is 48.5 Å². The van der Waals surface area contributed by atoms with Crippen molar-refractivity contribution in [2.24, 2.45) is 0 Å². The molecule has 0 spiro atoms. The van der Waals surface area contributed by atoms with Crippen LogP contribution in [0.5, 0.6) is 0 Å². The van der Waals surface area contributed by atoms with Gasteiger partial charge in [-0.1, -0.05) is 54.9 Å². The van der Waals surface area contributed by atoms with Crippen molar-refractivity contribution in [1.29, 1.82) is 0 Å². The van der Waals surface area contributed by atoms with E-state index in [2.05, 4.69) is 5.32 Å². The quantitative estimate of drug-likeness (QED) is 0.658. The number of carbonyl (C=O) groups excluding carboxylic acids is 1. The van der Waals surface area contributed by atoms with Gasteiger partial charge in [-0.15, -0.1) is 0 Å². The predicted octanol–water partition coefficient (Wildman–Crippen LogP) is 4.37. The third-order valence-corrected chi connectivity index (χ3v) is 8.58. The van der Waals surface area contributed by atoms with Crippen LogP contribution in [0.3, 0.4) is 0 Å². The summed E-state index contributed by atoms with van der Waals surface area (Å²) in [6.45, 7) is 4.48. The first-order valence-corrected chi connectivity index (χ1v) is 12.5. The van der Waals surface area contributed by atoms with E-state index in [0.29, 0.717) is 32.4 Å². The van der Waals surface area contributed by atoms with Gasteiger partial charge in [-0.2, -0.15) is 0 Å². The number of nitrogens with one attached hydrogen (secondary N) is 1. The molecule has 31 heavy (non-hydrogen) atoms. The van der Waals surface area contributed by atoms with Crippen LogP contribution >= 0.6 is 11.6 Å². The molecular weight excluding hydrogens is 439 g/mol. The van der Waals surface area contributed by atoms with Gasteiger partial charge < -0.3 is 5.32 Å². The zero-order valence-corrected chi connectivity index (χ0v) is 19.3. The van der Waals surface area contributed by atoms with Crippen LogP contribution in [0.25, 0.3) is 0 Å². The molecule has 0 unspecified atom stereocenters. The van der Waals surface area contributed by atoms with Crippen molar-refractivity contribution in [1.82, 2.24) is 9.62 Å². The lowest BCUT2D eigenvalue weighted by atomic mass is 9.68. The van der Waals surface area contributed by atoms with E-state index in [4.69, 9.17) is 11.6 Å². The van der Waals surface area contributed by atoms with Crippen LogP contribution in [0, 0.1) is 5.82 Å². The Morgan fingerprint density at radius 2 is 1.81 bits per heavy atom. The van der Waals surface area contributed by atoms with Gasteiger partial charge in [0.1, 0.15) is 5.82 Å². The van der Waals surface area contributed by atoms with Crippen molar-refractivity contribution in [3.05, 3.63) is 70.5 Å². The summed E-state index contributed by atoms with van der Waals surface area (Å²) in [4.78, 5) is 12.9. The minimum absolute atomic E-state index is 0.0546. The fourth-order valence-corrected chi connectivity index (χ4v) is 6.18. The normalized spacial score (nSPS) is 17.8. The molecule has 0 bridgehead atoms. The summed E-state index contributed by atoms with van der Waals surface area (Å²) in [7, 11) is -3.29. The molecule has 1 heterocycles. The molecule has 1 saturated heterocycles. The van der Waals surface area contributed by atoms with E-state index in [9.17, 15) is 17.6 Å². The Morgan fingerprint density at radius 3 is 2.39 bits per heavy atom. The number of sulfonamides is 1. The molecule has 168 valence electrons. The van der Waals surface area contributed by atoms with E-state index in [1.165, 1.54) is 18.2 Å². The maximum Gasteiger partial charge on any atom is 0.256 e. The first-order valence-electron chi connectivity index (χ1n) is 10.5. The highest BCUT2D eigenvalue weighted by molar-refractivity contribution is 7.89. The second-order valence-electron chi connectivity index (χ2n) is 8.03. The summed E-state index contributed by atoms with van der Waals surface area (Å²) in [5.74, 6) is -1.12. The van der Waals surface area contributed by atoms with Crippen molar-refractivity contribution >= 4 is 27.5 Å². The van der Waals surface area contributed by atoms with Gasteiger partial charge in [0.05, 0.1) is 16.3 Å². The molecule has 2 aromatic rings. The van der Waals surface area contributed by atoms with Crippen LogP contribution in [-0.4, -0.2) is 43.5 Å². The number of benzene rings is 2. The van der Waals surface area contributed by atoms with Crippen molar-refractivity contribution in [2.45, 2.75) is 44.6 Å². The molecule has 0 radical (unpaired) electrons. The number of halogens is 2. The van der Waals surface area contributed by atoms with Crippen LogP contribution in [-0.2, 0) is 15.4 Å². The molecule has 1 aliphatic rings. The smallest absolute Gasteiger partial charge is 0.256 e. The second-order valence-corrected chi connectivity index (χ2v) is 10.5. The highest BCUT2D eigenvalue weighted by Crippen LogP contribution is 2.39. The monoisotopic (exact) mass is 466 g/mol. The number of nitrogens with zero attached hydrogens (tertiary/aromatic N) is 1. The lowest BCUT2D eigenvalue weighted by molar-refractivity contribution is 0.0891. The fourth-order valence-electron chi connectivity index (χ4n) is 4.41. The van der Waals surface area contributed by atoms with E-state index in [1.54, 1.807) is 4.31 Å². The summed E-state index contributed by atoms with van der Waals surface area (Å²) in [6.07, 6.45) is 1.66. The molecule has 5 nitrogen and oxygen atoms in total. The summed E-state index contributed by atoms with van der Waals surface area (Å²) in [6, 6.07) is 13.5. The highest BCUT2D eigenvalue weighted by Gasteiger charge is 2.43. The van der Waals surface area contributed by atoms with Crippen LogP contribution in [0.4, 0.5) is 4.39 Å². The fraction of sp³-hybridized carbons (Fsp3) is 0.435. The lowest BCUT2D eigenvalue weighted by Crippen LogP contribution is -2.55. The maximum atomic E-state index is 14.2. The minimum atomic E-state index is -3.29. The summed E-state index contributed by atoms with van der Waals surface area (Å²) >= 11 is 6.07. The Hall–Kier alpha value is -1.96. The Morgan fingerprint density at radius 1 is 1.16 bits per heavy atom. The summed E-state index contributed by atoms with van der Waals surface area (Å²) in [5.41, 5.74) is 0.365.